The monoisotopic (exact) mass is 227 g/mol. The van der Waals surface area contributed by atoms with Gasteiger partial charge in [-0.2, -0.15) is 0 Å². The second-order valence-corrected chi connectivity index (χ2v) is 2.87. The van der Waals surface area contributed by atoms with Crippen LogP contribution in [0.5, 0.6) is 5.75 Å². The molecule has 0 spiro atoms. The second-order valence-electron chi connectivity index (χ2n) is 2.38. The second kappa shape index (κ2) is 3.56. The van der Waals surface area contributed by atoms with Gasteiger partial charge in [0.15, 0.2) is 5.75 Å². The third-order valence-electron chi connectivity index (χ3n) is 1.31. The van der Waals surface area contributed by atoms with E-state index >= 15 is 0 Å². The van der Waals surface area contributed by atoms with Crippen LogP contribution in [0.2, 0.25) is 0 Å². The Morgan fingerprint density at radius 3 is 2.36 bits per heavy atom. The number of alkyl halides is 3. The molecule has 0 saturated heterocycles. The molecule has 0 aliphatic heterocycles. The molecule has 0 radical (unpaired) electrons. The number of anilines is 1. The van der Waals surface area contributed by atoms with Gasteiger partial charge in [-0.3, -0.25) is 0 Å². The number of nitrogens with two attached hydrogens (primary N) is 1. The van der Waals surface area contributed by atoms with Gasteiger partial charge in [-0.15, -0.1) is 25.8 Å². The van der Waals surface area contributed by atoms with Crippen molar-refractivity contribution in [1.82, 2.24) is 0 Å². The van der Waals surface area contributed by atoms with Gasteiger partial charge in [-0.05, 0) is 6.07 Å². The molecule has 0 fully saturated rings. The van der Waals surface area contributed by atoms with Gasteiger partial charge in [0.2, 0.25) is 0 Å². The summed E-state index contributed by atoms with van der Waals surface area (Å²) in [5.41, 5.74) is 4.84. The fourth-order valence-electron chi connectivity index (χ4n) is 0.788. The highest BCUT2D eigenvalue weighted by atomic mass is 32.1. The molecular weight excluding hydrogens is 222 g/mol. The van der Waals surface area contributed by atoms with E-state index in [0.29, 0.717) is 6.07 Å². The zero-order valence-corrected chi connectivity index (χ0v) is 7.49. The lowest BCUT2D eigenvalue weighted by Crippen LogP contribution is -2.18. The van der Waals surface area contributed by atoms with Crippen LogP contribution in [0.15, 0.2) is 17.0 Å². The Hall–Kier alpha value is -1.11. The van der Waals surface area contributed by atoms with E-state index in [4.69, 9.17) is 5.73 Å². The molecule has 2 nitrogen and oxygen atoms in total. The molecule has 0 atom stereocenters. The summed E-state index contributed by atoms with van der Waals surface area (Å²) < 4.78 is 51.4. The topological polar surface area (TPSA) is 35.2 Å². The van der Waals surface area contributed by atoms with E-state index in [1.54, 1.807) is 0 Å². The van der Waals surface area contributed by atoms with E-state index in [1.165, 1.54) is 0 Å². The van der Waals surface area contributed by atoms with Crippen LogP contribution < -0.4 is 10.5 Å². The van der Waals surface area contributed by atoms with E-state index in [0.717, 1.165) is 6.07 Å². The minimum absolute atomic E-state index is 0.107. The molecule has 0 aliphatic rings. The highest BCUT2D eigenvalue weighted by Gasteiger charge is 2.32. The van der Waals surface area contributed by atoms with Gasteiger partial charge in [0.05, 0.1) is 5.69 Å². The normalized spacial score (nSPS) is 11.5. The van der Waals surface area contributed by atoms with Crippen LogP contribution in [0.4, 0.5) is 23.2 Å². The van der Waals surface area contributed by atoms with Crippen molar-refractivity contribution >= 4 is 18.3 Å². The first-order valence-electron chi connectivity index (χ1n) is 3.33. The maximum Gasteiger partial charge on any atom is 0.573 e. The highest BCUT2D eigenvalue weighted by molar-refractivity contribution is 7.80. The van der Waals surface area contributed by atoms with Crippen LogP contribution in [0.1, 0.15) is 0 Å². The molecule has 1 aromatic rings. The van der Waals surface area contributed by atoms with E-state index in [1.807, 2.05) is 0 Å². The molecule has 7 heteroatoms. The minimum Gasteiger partial charge on any atom is -0.403 e. The molecule has 0 aromatic heterocycles. The summed E-state index contributed by atoms with van der Waals surface area (Å²) in [5.74, 6) is -1.69. The molecule has 78 valence electrons. The van der Waals surface area contributed by atoms with E-state index in [-0.39, 0.29) is 10.6 Å². The number of halogens is 4. The number of hydrogen-bond acceptors (Lipinski definition) is 3. The van der Waals surface area contributed by atoms with Crippen LogP contribution in [0.3, 0.4) is 0 Å². The third kappa shape index (κ3) is 2.69. The molecule has 1 aromatic carbocycles. The summed E-state index contributed by atoms with van der Waals surface area (Å²) >= 11 is 3.67. The first-order valence-corrected chi connectivity index (χ1v) is 3.78. The average molecular weight is 227 g/mol. The summed E-state index contributed by atoms with van der Waals surface area (Å²) in [5, 5.41) is 0. The van der Waals surface area contributed by atoms with Gasteiger partial charge in [-0.25, -0.2) is 4.39 Å². The summed E-state index contributed by atoms with van der Waals surface area (Å²) in [6.45, 7) is 0. The number of nitrogen functional groups attached to an aromatic ring is 1. The smallest absolute Gasteiger partial charge is 0.403 e. The van der Waals surface area contributed by atoms with Crippen molar-refractivity contribution in [2.24, 2.45) is 0 Å². The third-order valence-corrected chi connectivity index (χ3v) is 1.68. The highest BCUT2D eigenvalue weighted by Crippen LogP contribution is 2.33. The molecule has 2 N–H and O–H groups in total. The summed E-state index contributed by atoms with van der Waals surface area (Å²) in [6, 6.07) is 1.43. The van der Waals surface area contributed by atoms with Crippen LogP contribution in [0.25, 0.3) is 0 Å². The molecule has 0 unspecified atom stereocenters. The quantitative estimate of drug-likeness (QED) is 0.439. The number of ether oxygens (including phenoxy) is 1. The maximum absolute atomic E-state index is 12.6. The van der Waals surface area contributed by atoms with Crippen molar-refractivity contribution in [3.8, 4) is 5.75 Å². The van der Waals surface area contributed by atoms with E-state index in [9.17, 15) is 17.6 Å². The Morgan fingerprint density at radius 1 is 1.29 bits per heavy atom. The predicted octanol–water partition coefficient (Wildman–Crippen LogP) is 2.60. The lowest BCUT2D eigenvalue weighted by molar-refractivity contribution is -0.274. The molecule has 14 heavy (non-hydrogen) atoms. The minimum atomic E-state index is -4.90. The number of hydrogen-bond donors (Lipinski definition) is 2. The summed E-state index contributed by atoms with van der Waals surface area (Å²) in [7, 11) is 0. The molecular formula is C7H5F4NOS. The van der Waals surface area contributed by atoms with Crippen LogP contribution in [0, 0.1) is 5.82 Å². The number of benzene rings is 1. The largest absolute Gasteiger partial charge is 0.573 e. The summed E-state index contributed by atoms with van der Waals surface area (Å²) in [6.07, 6.45) is -4.90. The molecule has 1 rings (SSSR count). The van der Waals surface area contributed by atoms with Gasteiger partial charge in [0, 0.05) is 11.0 Å². The SMILES string of the molecule is Nc1c(S)cc(F)cc1OC(F)(F)F. The predicted molar refractivity (Wildman–Crippen MR) is 44.7 cm³/mol. The van der Waals surface area contributed by atoms with E-state index < -0.39 is 17.9 Å². The van der Waals surface area contributed by atoms with Crippen molar-refractivity contribution < 1.29 is 22.3 Å². The fourth-order valence-corrected chi connectivity index (χ4v) is 1.02. The van der Waals surface area contributed by atoms with E-state index in [2.05, 4.69) is 17.4 Å². The first kappa shape index (κ1) is 11.0. The van der Waals surface area contributed by atoms with Crippen LogP contribution in [-0.4, -0.2) is 6.36 Å². The Labute approximate surface area is 82.1 Å². The van der Waals surface area contributed by atoms with Crippen molar-refractivity contribution in [2.45, 2.75) is 11.3 Å². The molecule has 0 amide bonds. The lowest BCUT2D eigenvalue weighted by Gasteiger charge is -2.12. The van der Waals surface area contributed by atoms with Gasteiger partial charge in [-0.1, -0.05) is 0 Å². The van der Waals surface area contributed by atoms with Gasteiger partial charge >= 0.3 is 6.36 Å². The first-order chi connectivity index (χ1) is 6.29. The maximum atomic E-state index is 12.6. The lowest BCUT2D eigenvalue weighted by atomic mass is 10.3. The van der Waals surface area contributed by atoms with Crippen LogP contribution >= 0.6 is 12.6 Å². The molecule has 0 aliphatic carbocycles. The van der Waals surface area contributed by atoms with Crippen LogP contribution in [-0.2, 0) is 0 Å². The molecule has 0 saturated carbocycles. The fraction of sp³-hybridized carbons (Fsp3) is 0.143. The number of thiol groups is 1. The van der Waals surface area contributed by atoms with Crippen molar-refractivity contribution in [2.75, 3.05) is 5.73 Å². The average Bonchev–Trinajstić information content (AvgIpc) is 1.96. The zero-order valence-electron chi connectivity index (χ0n) is 6.60. The van der Waals surface area contributed by atoms with Crippen molar-refractivity contribution in [1.29, 1.82) is 0 Å². The Kier molecular flexibility index (Phi) is 2.79. The Bertz CT molecular complexity index is 352. The van der Waals surface area contributed by atoms with Gasteiger partial charge in [0.25, 0.3) is 0 Å². The van der Waals surface area contributed by atoms with Crippen molar-refractivity contribution in [3.63, 3.8) is 0 Å². The zero-order chi connectivity index (χ0) is 10.9. The number of rotatable bonds is 1. The van der Waals surface area contributed by atoms with Crippen molar-refractivity contribution in [3.05, 3.63) is 17.9 Å². The Balaban J connectivity index is 3.09. The molecule has 0 heterocycles. The van der Waals surface area contributed by atoms with Gasteiger partial charge < -0.3 is 10.5 Å². The standard InChI is InChI=1S/C7H5F4NOS/c8-3-1-4(13-7(9,10)11)6(12)5(14)2-3/h1-2,14H,12H2. The molecule has 0 bridgehead atoms. The van der Waals surface area contributed by atoms with Gasteiger partial charge in [0.1, 0.15) is 5.82 Å². The Morgan fingerprint density at radius 2 is 1.86 bits per heavy atom. The summed E-state index contributed by atoms with van der Waals surface area (Å²) in [4.78, 5) is -0.107.